The third-order valence-corrected chi connectivity index (χ3v) is 3.68. The number of rotatable bonds is 7. The number of nitrogens with two attached hydrogens (primary N) is 1. The van der Waals surface area contributed by atoms with E-state index >= 15 is 0 Å². The summed E-state index contributed by atoms with van der Waals surface area (Å²) in [7, 11) is 0. The van der Waals surface area contributed by atoms with Crippen LogP contribution >= 0.6 is 11.8 Å². The Kier molecular flexibility index (Phi) is 6.00. The van der Waals surface area contributed by atoms with Crippen LogP contribution < -0.4 is 16.4 Å². The van der Waals surface area contributed by atoms with E-state index in [0.717, 1.165) is 6.54 Å². The maximum absolute atomic E-state index is 9.24. The van der Waals surface area contributed by atoms with Crippen molar-refractivity contribution in [2.45, 2.75) is 25.1 Å². The topological polar surface area (TPSA) is 96.1 Å². The number of nitrogen functional groups attached to an aromatic ring is 1. The number of aliphatic hydroxyl groups excluding tert-OH is 1. The molecule has 1 heterocycles. The van der Waals surface area contributed by atoms with E-state index in [4.69, 9.17) is 5.73 Å². The molecule has 5 N–H and O–H groups in total. The minimum atomic E-state index is 0.0915. The van der Waals surface area contributed by atoms with Crippen LogP contribution in [0.1, 0.15) is 13.8 Å². The van der Waals surface area contributed by atoms with Gasteiger partial charge in [0.15, 0.2) is 0 Å². The average molecular weight is 271 g/mol. The van der Waals surface area contributed by atoms with Crippen LogP contribution in [-0.4, -0.2) is 45.8 Å². The van der Waals surface area contributed by atoms with Gasteiger partial charge in [-0.1, -0.05) is 0 Å². The van der Waals surface area contributed by atoms with Gasteiger partial charge in [-0.05, 0) is 20.1 Å². The molecule has 0 aliphatic carbocycles. The second-order valence-electron chi connectivity index (χ2n) is 3.92. The van der Waals surface area contributed by atoms with E-state index in [1.54, 1.807) is 11.8 Å². The highest BCUT2D eigenvalue weighted by molar-refractivity contribution is 7.99. The van der Waals surface area contributed by atoms with Crippen molar-refractivity contribution >= 4 is 29.3 Å². The molecule has 6 nitrogen and oxygen atoms in total. The molecule has 7 heteroatoms. The summed E-state index contributed by atoms with van der Waals surface area (Å²) in [5.74, 6) is 1.59. The van der Waals surface area contributed by atoms with Gasteiger partial charge >= 0.3 is 0 Å². The maximum atomic E-state index is 9.24. The Balaban J connectivity index is 2.77. The van der Waals surface area contributed by atoms with Crippen molar-refractivity contribution in [3.8, 4) is 0 Å². The van der Waals surface area contributed by atoms with Crippen molar-refractivity contribution in [2.24, 2.45) is 0 Å². The molecule has 0 amide bonds. The number of hydrogen-bond acceptors (Lipinski definition) is 7. The SMILES string of the molecule is CCNc1cc(NC(C)C(CO)SC)nc(N)n1. The van der Waals surface area contributed by atoms with Gasteiger partial charge in [0.2, 0.25) is 5.95 Å². The first-order chi connectivity index (χ1) is 8.60. The Labute approximate surface area is 112 Å². The van der Waals surface area contributed by atoms with E-state index < -0.39 is 0 Å². The summed E-state index contributed by atoms with van der Waals surface area (Å²) in [5, 5.41) is 15.7. The highest BCUT2D eigenvalue weighted by atomic mass is 32.2. The van der Waals surface area contributed by atoms with Gasteiger partial charge < -0.3 is 21.5 Å². The fourth-order valence-corrected chi connectivity index (χ4v) is 2.20. The van der Waals surface area contributed by atoms with Gasteiger partial charge in [-0.25, -0.2) is 0 Å². The number of nitrogens with zero attached hydrogens (tertiary/aromatic N) is 2. The zero-order valence-corrected chi connectivity index (χ0v) is 11.8. The summed E-state index contributed by atoms with van der Waals surface area (Å²) >= 11 is 1.61. The molecule has 18 heavy (non-hydrogen) atoms. The number of anilines is 3. The van der Waals surface area contributed by atoms with E-state index in [1.165, 1.54) is 0 Å². The highest BCUT2D eigenvalue weighted by Gasteiger charge is 2.15. The average Bonchev–Trinajstić information content (AvgIpc) is 2.30. The van der Waals surface area contributed by atoms with Crippen molar-refractivity contribution < 1.29 is 5.11 Å². The molecule has 2 unspecified atom stereocenters. The molecule has 0 aliphatic rings. The molecule has 1 aromatic heterocycles. The lowest BCUT2D eigenvalue weighted by Gasteiger charge is -2.22. The molecule has 0 aromatic carbocycles. The van der Waals surface area contributed by atoms with Gasteiger partial charge in [-0.15, -0.1) is 0 Å². The molecule has 0 aliphatic heterocycles. The molecule has 0 spiro atoms. The molecule has 2 atom stereocenters. The molecule has 0 saturated carbocycles. The fourth-order valence-electron chi connectivity index (χ4n) is 1.57. The summed E-state index contributed by atoms with van der Waals surface area (Å²) in [5.41, 5.74) is 5.65. The number of aromatic nitrogens is 2. The van der Waals surface area contributed by atoms with Crippen LogP contribution in [0.3, 0.4) is 0 Å². The minimum Gasteiger partial charge on any atom is -0.395 e. The number of nitrogens with one attached hydrogen (secondary N) is 2. The molecule has 0 saturated heterocycles. The van der Waals surface area contributed by atoms with Gasteiger partial charge in [0.05, 0.1) is 6.61 Å². The van der Waals surface area contributed by atoms with Crippen molar-refractivity contribution in [1.29, 1.82) is 0 Å². The first-order valence-electron chi connectivity index (χ1n) is 5.89. The fraction of sp³-hybridized carbons (Fsp3) is 0.636. The Hall–Kier alpha value is -1.21. The molecule has 0 radical (unpaired) electrons. The third-order valence-electron chi connectivity index (χ3n) is 2.52. The van der Waals surface area contributed by atoms with Crippen LogP contribution in [0.15, 0.2) is 6.07 Å². The van der Waals surface area contributed by atoms with Crippen LogP contribution in [0.2, 0.25) is 0 Å². The van der Waals surface area contributed by atoms with Crippen LogP contribution in [0, 0.1) is 0 Å². The molecule has 0 fully saturated rings. The second kappa shape index (κ2) is 7.27. The summed E-state index contributed by atoms with van der Waals surface area (Å²) < 4.78 is 0. The first-order valence-corrected chi connectivity index (χ1v) is 7.18. The van der Waals surface area contributed by atoms with Gasteiger partial charge in [-0.3, -0.25) is 0 Å². The smallest absolute Gasteiger partial charge is 0.223 e. The Morgan fingerprint density at radius 3 is 2.67 bits per heavy atom. The van der Waals surface area contributed by atoms with Crippen molar-refractivity contribution in [3.05, 3.63) is 6.07 Å². The lowest BCUT2D eigenvalue weighted by molar-refractivity contribution is 0.288. The van der Waals surface area contributed by atoms with E-state index in [-0.39, 0.29) is 23.8 Å². The summed E-state index contributed by atoms with van der Waals surface area (Å²) in [6, 6.07) is 1.90. The molecular formula is C11H21N5OS. The van der Waals surface area contributed by atoms with Crippen LogP contribution in [-0.2, 0) is 0 Å². The van der Waals surface area contributed by atoms with Crippen molar-refractivity contribution in [3.63, 3.8) is 0 Å². The zero-order valence-electron chi connectivity index (χ0n) is 11.0. The quantitative estimate of drug-likeness (QED) is 0.588. The lowest BCUT2D eigenvalue weighted by Crippen LogP contribution is -2.31. The van der Waals surface area contributed by atoms with Crippen LogP contribution in [0.5, 0.6) is 0 Å². The van der Waals surface area contributed by atoms with Crippen LogP contribution in [0.4, 0.5) is 17.6 Å². The number of hydrogen-bond donors (Lipinski definition) is 4. The molecule has 1 rings (SSSR count). The summed E-state index contributed by atoms with van der Waals surface area (Å²) in [6.45, 7) is 4.89. The minimum absolute atomic E-state index is 0.0915. The molecule has 0 bridgehead atoms. The maximum Gasteiger partial charge on any atom is 0.223 e. The molecule has 1 aromatic rings. The van der Waals surface area contributed by atoms with Gasteiger partial charge in [0.1, 0.15) is 11.6 Å². The predicted molar refractivity (Wildman–Crippen MR) is 78.1 cm³/mol. The largest absolute Gasteiger partial charge is 0.395 e. The van der Waals surface area contributed by atoms with Crippen molar-refractivity contribution in [1.82, 2.24) is 9.97 Å². The normalized spacial score (nSPS) is 14.0. The monoisotopic (exact) mass is 271 g/mol. The number of aliphatic hydroxyl groups is 1. The second-order valence-corrected chi connectivity index (χ2v) is 4.99. The Bertz CT molecular complexity index is 372. The third kappa shape index (κ3) is 4.23. The summed E-state index contributed by atoms with van der Waals surface area (Å²) in [4.78, 5) is 8.21. The van der Waals surface area contributed by atoms with E-state index in [9.17, 15) is 5.11 Å². The Morgan fingerprint density at radius 2 is 2.11 bits per heavy atom. The summed E-state index contributed by atoms with van der Waals surface area (Å²) in [6.07, 6.45) is 1.97. The van der Waals surface area contributed by atoms with E-state index in [0.29, 0.717) is 11.6 Å². The molecule has 102 valence electrons. The van der Waals surface area contributed by atoms with Crippen molar-refractivity contribution in [2.75, 3.05) is 35.8 Å². The van der Waals surface area contributed by atoms with Gasteiger partial charge in [0, 0.05) is 23.9 Å². The molecular weight excluding hydrogens is 250 g/mol. The highest BCUT2D eigenvalue weighted by Crippen LogP contribution is 2.17. The van der Waals surface area contributed by atoms with E-state index in [1.807, 2.05) is 26.2 Å². The van der Waals surface area contributed by atoms with E-state index in [2.05, 4.69) is 20.6 Å². The van der Waals surface area contributed by atoms with Gasteiger partial charge in [-0.2, -0.15) is 21.7 Å². The van der Waals surface area contributed by atoms with Gasteiger partial charge in [0.25, 0.3) is 0 Å². The lowest BCUT2D eigenvalue weighted by atomic mass is 10.2. The first kappa shape index (κ1) is 14.8. The zero-order chi connectivity index (χ0) is 13.5. The Morgan fingerprint density at radius 1 is 1.44 bits per heavy atom. The predicted octanol–water partition coefficient (Wildman–Crippen LogP) is 1.01. The number of thioether (sulfide) groups is 1. The standard InChI is InChI=1S/C11H21N5OS/c1-4-13-9-5-10(16-11(12)15-9)14-7(2)8(6-17)18-3/h5,7-8,17H,4,6H2,1-3H3,(H4,12,13,14,15,16). The van der Waals surface area contributed by atoms with Crippen LogP contribution in [0.25, 0.3) is 0 Å².